The highest BCUT2D eigenvalue weighted by Crippen LogP contribution is 2.29. The number of imidazole rings is 1. The molecule has 3 aromatic rings. The van der Waals surface area contributed by atoms with Crippen molar-refractivity contribution < 1.29 is 13.7 Å². The van der Waals surface area contributed by atoms with E-state index in [0.717, 1.165) is 17.0 Å². The third-order valence-electron chi connectivity index (χ3n) is 3.64. The van der Waals surface area contributed by atoms with Crippen molar-refractivity contribution in [3.8, 4) is 11.5 Å². The molecule has 0 saturated heterocycles. The summed E-state index contributed by atoms with van der Waals surface area (Å²) in [5, 5.41) is 0. The number of rotatable bonds is 5. The molecule has 0 unspecified atom stereocenters. The number of benzene rings is 1. The molecule has 2 heterocycles. The quantitative estimate of drug-likeness (QED) is 0.722. The van der Waals surface area contributed by atoms with Gasteiger partial charge in [-0.1, -0.05) is 6.07 Å². The van der Waals surface area contributed by atoms with E-state index < -0.39 is 10.8 Å². The molecule has 6 heteroatoms. The lowest BCUT2D eigenvalue weighted by Crippen LogP contribution is -1.98. The summed E-state index contributed by atoms with van der Waals surface area (Å²) in [7, 11) is 1.94. The number of aromatic nitrogens is 2. The maximum Gasteiger partial charge on any atom is 0.161 e. The summed E-state index contributed by atoms with van der Waals surface area (Å²) < 4.78 is 25.1. The SMILES string of the molecule is COc1ccc([S@@](=O)Cc2cn3c(C)cccc3n2)cc1OC. The molecule has 0 fully saturated rings. The number of methoxy groups -OCH3 is 2. The first-order valence-corrected chi connectivity index (χ1v) is 8.48. The highest BCUT2D eigenvalue weighted by atomic mass is 32.2. The molecule has 2 aromatic heterocycles. The van der Waals surface area contributed by atoms with Crippen LogP contribution in [0.3, 0.4) is 0 Å². The molecule has 0 aliphatic carbocycles. The van der Waals surface area contributed by atoms with Gasteiger partial charge in [0.05, 0.1) is 36.5 Å². The number of ether oxygens (including phenoxy) is 2. The van der Waals surface area contributed by atoms with Crippen LogP contribution in [0, 0.1) is 6.92 Å². The maximum absolute atomic E-state index is 12.6. The molecular formula is C17H18N2O3S. The summed E-state index contributed by atoms with van der Waals surface area (Å²) in [6.07, 6.45) is 1.93. The Morgan fingerprint density at radius 3 is 2.61 bits per heavy atom. The molecule has 1 atom stereocenters. The topological polar surface area (TPSA) is 52.8 Å². The average molecular weight is 330 g/mol. The molecule has 0 radical (unpaired) electrons. The number of aryl methyl sites for hydroxylation is 1. The van der Waals surface area contributed by atoms with Gasteiger partial charge in [-0.3, -0.25) is 4.21 Å². The fourth-order valence-electron chi connectivity index (χ4n) is 2.44. The van der Waals surface area contributed by atoms with Gasteiger partial charge in [0.1, 0.15) is 5.65 Å². The lowest BCUT2D eigenvalue weighted by atomic mass is 10.3. The van der Waals surface area contributed by atoms with Crippen LogP contribution < -0.4 is 9.47 Å². The van der Waals surface area contributed by atoms with Gasteiger partial charge in [-0.2, -0.15) is 0 Å². The molecule has 5 nitrogen and oxygen atoms in total. The van der Waals surface area contributed by atoms with Gasteiger partial charge in [-0.25, -0.2) is 4.98 Å². The smallest absolute Gasteiger partial charge is 0.161 e. The second-order valence-corrected chi connectivity index (χ2v) is 6.59. The van der Waals surface area contributed by atoms with Gasteiger partial charge >= 0.3 is 0 Å². The van der Waals surface area contributed by atoms with Crippen LogP contribution in [-0.4, -0.2) is 27.8 Å². The predicted molar refractivity (Wildman–Crippen MR) is 89.6 cm³/mol. The van der Waals surface area contributed by atoms with Crippen molar-refractivity contribution in [1.29, 1.82) is 0 Å². The zero-order valence-electron chi connectivity index (χ0n) is 13.3. The molecule has 120 valence electrons. The van der Waals surface area contributed by atoms with Gasteiger partial charge in [0.2, 0.25) is 0 Å². The van der Waals surface area contributed by atoms with Crippen LogP contribution in [0.5, 0.6) is 11.5 Å². The van der Waals surface area contributed by atoms with Gasteiger partial charge in [0.25, 0.3) is 0 Å². The Morgan fingerprint density at radius 2 is 1.91 bits per heavy atom. The molecule has 0 amide bonds. The fourth-order valence-corrected chi connectivity index (χ4v) is 3.48. The first-order chi connectivity index (χ1) is 11.1. The van der Waals surface area contributed by atoms with Crippen LogP contribution in [0.25, 0.3) is 5.65 Å². The third-order valence-corrected chi connectivity index (χ3v) is 4.98. The van der Waals surface area contributed by atoms with Gasteiger partial charge in [0, 0.05) is 22.9 Å². The van der Waals surface area contributed by atoms with E-state index >= 15 is 0 Å². The maximum atomic E-state index is 12.6. The van der Waals surface area contributed by atoms with E-state index in [1.807, 2.05) is 35.7 Å². The van der Waals surface area contributed by atoms with Crippen LogP contribution in [0.4, 0.5) is 0 Å². The van der Waals surface area contributed by atoms with Crippen molar-refractivity contribution in [2.75, 3.05) is 14.2 Å². The van der Waals surface area contributed by atoms with Crippen LogP contribution in [0.2, 0.25) is 0 Å². The zero-order valence-corrected chi connectivity index (χ0v) is 14.1. The standard InChI is InChI=1S/C17H18N2O3S/c1-12-5-4-6-17-18-13(10-19(12)17)11-23(20)14-7-8-15(21-2)16(9-14)22-3/h4-10H,11H2,1-3H3/t23-/m0/s1. The van der Waals surface area contributed by atoms with E-state index in [1.54, 1.807) is 32.4 Å². The van der Waals surface area contributed by atoms with Crippen molar-refractivity contribution in [1.82, 2.24) is 9.38 Å². The molecule has 0 N–H and O–H groups in total. The Bertz CT molecular complexity index is 873. The van der Waals surface area contributed by atoms with E-state index in [4.69, 9.17) is 9.47 Å². The van der Waals surface area contributed by atoms with E-state index in [9.17, 15) is 4.21 Å². The second-order valence-electron chi connectivity index (χ2n) is 5.13. The molecular weight excluding hydrogens is 312 g/mol. The number of hydrogen-bond acceptors (Lipinski definition) is 4. The largest absolute Gasteiger partial charge is 0.493 e. The molecule has 0 bridgehead atoms. The Morgan fingerprint density at radius 1 is 1.13 bits per heavy atom. The minimum atomic E-state index is -1.20. The number of fused-ring (bicyclic) bond motifs is 1. The monoisotopic (exact) mass is 330 g/mol. The molecule has 0 spiro atoms. The minimum Gasteiger partial charge on any atom is -0.493 e. The van der Waals surface area contributed by atoms with Gasteiger partial charge in [-0.05, 0) is 31.2 Å². The number of hydrogen-bond donors (Lipinski definition) is 0. The minimum absolute atomic E-state index is 0.358. The Kier molecular flexibility index (Phi) is 4.34. The summed E-state index contributed by atoms with van der Waals surface area (Å²) >= 11 is 0. The summed E-state index contributed by atoms with van der Waals surface area (Å²) in [4.78, 5) is 5.22. The first-order valence-electron chi connectivity index (χ1n) is 7.16. The highest BCUT2D eigenvalue weighted by Gasteiger charge is 2.12. The second kappa shape index (κ2) is 6.42. The van der Waals surface area contributed by atoms with E-state index in [1.165, 1.54) is 0 Å². The molecule has 0 saturated carbocycles. The lowest BCUT2D eigenvalue weighted by Gasteiger charge is -2.09. The first kappa shape index (κ1) is 15.6. The molecule has 1 aromatic carbocycles. The van der Waals surface area contributed by atoms with Crippen molar-refractivity contribution in [2.24, 2.45) is 0 Å². The average Bonchev–Trinajstić information content (AvgIpc) is 2.98. The Labute approximate surface area is 137 Å². The van der Waals surface area contributed by atoms with Crippen molar-refractivity contribution >= 4 is 16.4 Å². The van der Waals surface area contributed by atoms with Crippen LogP contribution in [0.1, 0.15) is 11.4 Å². The van der Waals surface area contributed by atoms with Gasteiger partial charge in [0.15, 0.2) is 11.5 Å². The zero-order chi connectivity index (χ0) is 16.4. The molecule has 0 aliphatic rings. The van der Waals surface area contributed by atoms with Crippen LogP contribution in [-0.2, 0) is 16.6 Å². The van der Waals surface area contributed by atoms with Crippen molar-refractivity contribution in [3.63, 3.8) is 0 Å². The highest BCUT2D eigenvalue weighted by molar-refractivity contribution is 7.84. The number of nitrogens with zero attached hydrogens (tertiary/aromatic N) is 2. The Hall–Kier alpha value is -2.34. The molecule has 3 rings (SSSR count). The molecule has 23 heavy (non-hydrogen) atoms. The van der Waals surface area contributed by atoms with Gasteiger partial charge < -0.3 is 13.9 Å². The molecule has 0 aliphatic heterocycles. The van der Waals surface area contributed by atoms with E-state index in [-0.39, 0.29) is 0 Å². The van der Waals surface area contributed by atoms with E-state index in [0.29, 0.717) is 22.1 Å². The lowest BCUT2D eigenvalue weighted by molar-refractivity contribution is 0.354. The summed E-state index contributed by atoms with van der Waals surface area (Å²) in [5.41, 5.74) is 2.76. The third kappa shape index (κ3) is 3.07. The Balaban J connectivity index is 1.87. The van der Waals surface area contributed by atoms with Crippen LogP contribution in [0.15, 0.2) is 47.5 Å². The van der Waals surface area contributed by atoms with E-state index in [2.05, 4.69) is 4.98 Å². The fraction of sp³-hybridized carbons (Fsp3) is 0.235. The van der Waals surface area contributed by atoms with Gasteiger partial charge in [-0.15, -0.1) is 0 Å². The van der Waals surface area contributed by atoms with Crippen LogP contribution >= 0.6 is 0 Å². The van der Waals surface area contributed by atoms with Crippen molar-refractivity contribution in [3.05, 3.63) is 54.0 Å². The summed E-state index contributed by atoms with van der Waals surface area (Å²) in [6, 6.07) is 11.2. The summed E-state index contributed by atoms with van der Waals surface area (Å²) in [6.45, 7) is 2.02. The normalized spacial score (nSPS) is 12.3. The number of pyridine rings is 1. The predicted octanol–water partition coefficient (Wildman–Crippen LogP) is 2.97. The summed E-state index contributed by atoms with van der Waals surface area (Å²) in [5.74, 6) is 1.55. The van der Waals surface area contributed by atoms with Crippen molar-refractivity contribution in [2.45, 2.75) is 17.6 Å².